The summed E-state index contributed by atoms with van der Waals surface area (Å²) in [5, 5.41) is 0. The Morgan fingerprint density at radius 3 is 1.48 bits per heavy atom. The van der Waals surface area contributed by atoms with Crippen LogP contribution in [-0.4, -0.2) is 0 Å². The van der Waals surface area contributed by atoms with Gasteiger partial charge < -0.3 is 4.42 Å². The van der Waals surface area contributed by atoms with Crippen molar-refractivity contribution in [2.45, 2.75) is 18.5 Å². The van der Waals surface area contributed by atoms with E-state index in [4.69, 9.17) is 0 Å². The first kappa shape index (κ1) is 17.2. The van der Waals surface area contributed by atoms with Crippen molar-refractivity contribution in [3.8, 4) is 11.3 Å². The van der Waals surface area contributed by atoms with Crippen LogP contribution in [0, 0.1) is 0 Å². The van der Waals surface area contributed by atoms with Crippen LogP contribution < -0.4 is 0 Å². The maximum absolute atomic E-state index is 13.0. The van der Waals surface area contributed by atoms with Gasteiger partial charge >= 0.3 is 18.5 Å². The third-order valence-electron chi connectivity index (χ3n) is 2.84. The predicted octanol–water partition coefficient (Wildman–Crippen LogP) is 6.00. The molecule has 0 radical (unpaired) electrons. The van der Waals surface area contributed by atoms with Gasteiger partial charge in [0.2, 0.25) is 0 Å². The summed E-state index contributed by atoms with van der Waals surface area (Å²) in [7, 11) is 0. The van der Waals surface area contributed by atoms with Gasteiger partial charge in [-0.25, -0.2) is 0 Å². The number of halogens is 9. The molecule has 0 spiro atoms. The molecule has 23 heavy (non-hydrogen) atoms. The van der Waals surface area contributed by atoms with Gasteiger partial charge in [0, 0.05) is 5.56 Å². The molecule has 1 nitrogen and oxygen atoms in total. The highest BCUT2D eigenvalue weighted by molar-refractivity contribution is 5.69. The number of alkyl halides is 9. The van der Waals surface area contributed by atoms with E-state index in [9.17, 15) is 39.5 Å². The van der Waals surface area contributed by atoms with Gasteiger partial charge in [-0.3, -0.25) is 0 Å². The van der Waals surface area contributed by atoms with Crippen LogP contribution in [0.2, 0.25) is 0 Å². The molecule has 2 aromatic rings. The Balaban J connectivity index is 2.92. The minimum atomic E-state index is -5.44. The van der Waals surface area contributed by atoms with E-state index >= 15 is 0 Å². The smallest absolute Gasteiger partial charge is 0.417 e. The number of benzene rings is 1. The Kier molecular flexibility index (Phi) is 3.90. The molecule has 0 amide bonds. The molecule has 1 aromatic carbocycles. The summed E-state index contributed by atoms with van der Waals surface area (Å²) in [6.45, 7) is 0. The number of hydrogen-bond donors (Lipinski definition) is 0. The number of hydrogen-bond acceptors (Lipinski definition) is 1. The maximum Gasteiger partial charge on any atom is 0.417 e. The van der Waals surface area contributed by atoms with Crippen LogP contribution in [-0.2, 0) is 18.5 Å². The van der Waals surface area contributed by atoms with Gasteiger partial charge in [-0.15, -0.1) is 0 Å². The van der Waals surface area contributed by atoms with Crippen molar-refractivity contribution in [2.75, 3.05) is 0 Å². The summed E-state index contributed by atoms with van der Waals surface area (Å²) >= 11 is 0. The molecule has 1 aromatic heterocycles. The molecule has 0 atom stereocenters. The standard InChI is InChI=1S/C13H5F9O/c14-11(15,16)6-4-7(12(17,18)19)10(9-2-1-3-23-9)8(5-6)13(20,21)22/h1-5H. The fraction of sp³-hybridized carbons (Fsp3) is 0.231. The van der Waals surface area contributed by atoms with Crippen LogP contribution in [0.3, 0.4) is 0 Å². The highest BCUT2D eigenvalue weighted by Gasteiger charge is 2.45. The molecule has 0 fully saturated rings. The van der Waals surface area contributed by atoms with Crippen LogP contribution in [0.15, 0.2) is 34.9 Å². The van der Waals surface area contributed by atoms with E-state index in [1.54, 1.807) is 0 Å². The second kappa shape index (κ2) is 5.20. The van der Waals surface area contributed by atoms with Crippen molar-refractivity contribution in [1.29, 1.82) is 0 Å². The highest BCUT2D eigenvalue weighted by Crippen LogP contribution is 2.47. The third-order valence-corrected chi connectivity index (χ3v) is 2.84. The molecule has 1 heterocycles. The van der Waals surface area contributed by atoms with Crippen LogP contribution in [0.25, 0.3) is 11.3 Å². The molecule has 0 unspecified atom stereocenters. The zero-order valence-corrected chi connectivity index (χ0v) is 10.7. The minimum Gasteiger partial charge on any atom is -0.464 e. The van der Waals surface area contributed by atoms with Crippen LogP contribution in [0.5, 0.6) is 0 Å². The summed E-state index contributed by atoms with van der Waals surface area (Å²) in [6, 6.07) is 1.08. The largest absolute Gasteiger partial charge is 0.464 e. The van der Waals surface area contributed by atoms with Gasteiger partial charge in [0.15, 0.2) is 0 Å². The molecule has 0 aliphatic heterocycles. The second-order valence-electron chi connectivity index (χ2n) is 4.42. The van der Waals surface area contributed by atoms with Crippen molar-refractivity contribution in [1.82, 2.24) is 0 Å². The molecule has 0 aliphatic carbocycles. The van der Waals surface area contributed by atoms with Crippen molar-refractivity contribution in [3.63, 3.8) is 0 Å². The molecule has 2 rings (SSSR count). The first-order chi connectivity index (χ1) is 10.3. The molecule has 10 heteroatoms. The Bertz CT molecular complexity index is 655. The van der Waals surface area contributed by atoms with E-state index in [0.29, 0.717) is 0 Å². The molecule has 0 saturated carbocycles. The van der Waals surface area contributed by atoms with E-state index in [-0.39, 0.29) is 12.1 Å². The van der Waals surface area contributed by atoms with Crippen LogP contribution in [0.4, 0.5) is 39.5 Å². The molecule has 0 bridgehead atoms. The van der Waals surface area contributed by atoms with Gasteiger partial charge in [0.1, 0.15) is 5.76 Å². The highest BCUT2D eigenvalue weighted by atomic mass is 19.4. The molecule has 0 N–H and O–H groups in total. The molecule has 0 saturated heterocycles. The van der Waals surface area contributed by atoms with Gasteiger partial charge in [0.25, 0.3) is 0 Å². The van der Waals surface area contributed by atoms with E-state index in [2.05, 4.69) is 4.42 Å². The summed E-state index contributed by atoms with van der Waals surface area (Å²) < 4.78 is 120. The van der Waals surface area contributed by atoms with E-state index in [1.807, 2.05) is 0 Å². The lowest BCUT2D eigenvalue weighted by Gasteiger charge is -2.20. The van der Waals surface area contributed by atoms with Gasteiger partial charge in [-0.1, -0.05) is 0 Å². The SMILES string of the molecule is FC(F)(F)c1cc(C(F)(F)F)c(-c2ccco2)c(C(F)(F)F)c1. The Labute approximate surface area is 122 Å². The predicted molar refractivity (Wildman–Crippen MR) is 59.2 cm³/mol. The molecule has 126 valence electrons. The molecular weight excluding hydrogens is 343 g/mol. The van der Waals surface area contributed by atoms with Gasteiger partial charge in [-0.2, -0.15) is 39.5 Å². The second-order valence-corrected chi connectivity index (χ2v) is 4.42. The summed E-state index contributed by atoms with van der Waals surface area (Å²) in [4.78, 5) is 0. The Morgan fingerprint density at radius 1 is 0.696 bits per heavy atom. The fourth-order valence-corrected chi connectivity index (χ4v) is 1.94. The quantitative estimate of drug-likeness (QED) is 0.576. The molecular formula is C13H5F9O. The monoisotopic (exact) mass is 348 g/mol. The van der Waals surface area contributed by atoms with E-state index < -0.39 is 46.5 Å². The van der Waals surface area contributed by atoms with Crippen molar-refractivity contribution in [3.05, 3.63) is 47.2 Å². The first-order valence-electron chi connectivity index (χ1n) is 5.75. The summed E-state index contributed by atoms with van der Waals surface area (Å²) in [6.07, 6.45) is -15.4. The van der Waals surface area contributed by atoms with Crippen molar-refractivity contribution in [2.24, 2.45) is 0 Å². The number of rotatable bonds is 1. The first-order valence-corrected chi connectivity index (χ1v) is 5.75. The lowest BCUT2D eigenvalue weighted by Crippen LogP contribution is -2.18. The van der Waals surface area contributed by atoms with Crippen LogP contribution >= 0.6 is 0 Å². The zero-order valence-electron chi connectivity index (χ0n) is 10.7. The number of furan rings is 1. The topological polar surface area (TPSA) is 13.1 Å². The summed E-state index contributed by atoms with van der Waals surface area (Å²) in [5.74, 6) is -0.835. The van der Waals surface area contributed by atoms with Gasteiger partial charge in [-0.05, 0) is 24.3 Å². The molecule has 0 aliphatic rings. The maximum atomic E-state index is 13.0. The third kappa shape index (κ3) is 3.45. The lowest BCUT2D eigenvalue weighted by atomic mass is 9.94. The minimum absolute atomic E-state index is 0.368. The normalized spacial score (nSPS) is 13.4. The average molecular weight is 348 g/mol. The lowest BCUT2D eigenvalue weighted by molar-refractivity contribution is -0.147. The van der Waals surface area contributed by atoms with Crippen LogP contribution in [0.1, 0.15) is 16.7 Å². The zero-order chi connectivity index (χ0) is 17.6. The van der Waals surface area contributed by atoms with Gasteiger partial charge in [0.05, 0.1) is 23.0 Å². The average Bonchev–Trinajstić information content (AvgIpc) is 2.87. The van der Waals surface area contributed by atoms with E-state index in [1.165, 1.54) is 0 Å². The van der Waals surface area contributed by atoms with Crippen molar-refractivity contribution >= 4 is 0 Å². The van der Waals surface area contributed by atoms with E-state index in [0.717, 1.165) is 18.4 Å². The Hall–Kier alpha value is -2.13. The fourth-order valence-electron chi connectivity index (χ4n) is 1.94. The van der Waals surface area contributed by atoms with Crippen molar-refractivity contribution < 1.29 is 43.9 Å². The Morgan fingerprint density at radius 2 is 1.17 bits per heavy atom. The summed E-state index contributed by atoms with van der Waals surface area (Å²) in [5.41, 5.74) is -7.68.